The van der Waals surface area contributed by atoms with Crippen LogP contribution in [-0.2, 0) is 16.1 Å². The van der Waals surface area contributed by atoms with Gasteiger partial charge in [-0.25, -0.2) is 0 Å². The standard InChI is InChI=1S/C28H30ClNO4/c1-17-9-14-23-22(15-17)27(34-18(2)31)28(3,4)26(30-23)21-7-6-8-24(32-5)25(21)33-16-19-10-12-20(29)13-11-19/h6-15,26-27,30H,16H2,1-5H3/t26-,27-/m0/s1. The molecule has 0 saturated carbocycles. The van der Waals surface area contributed by atoms with Gasteiger partial charge in [-0.3, -0.25) is 4.79 Å². The number of benzene rings is 3. The molecule has 3 aromatic rings. The number of hydrogen-bond donors (Lipinski definition) is 1. The molecule has 34 heavy (non-hydrogen) atoms. The highest BCUT2D eigenvalue weighted by atomic mass is 35.5. The zero-order valence-corrected chi connectivity index (χ0v) is 20.9. The van der Waals surface area contributed by atoms with Gasteiger partial charge in [-0.05, 0) is 36.8 Å². The number of hydrogen-bond acceptors (Lipinski definition) is 5. The van der Waals surface area contributed by atoms with E-state index in [-0.39, 0.29) is 12.0 Å². The first-order valence-electron chi connectivity index (χ1n) is 11.3. The van der Waals surface area contributed by atoms with Crippen LogP contribution in [0.25, 0.3) is 0 Å². The lowest BCUT2D eigenvalue weighted by Crippen LogP contribution is -2.40. The molecule has 0 aromatic heterocycles. The van der Waals surface area contributed by atoms with Crippen molar-refractivity contribution in [2.45, 2.75) is 46.4 Å². The van der Waals surface area contributed by atoms with Crippen LogP contribution in [0.2, 0.25) is 5.02 Å². The highest BCUT2D eigenvalue weighted by Gasteiger charge is 2.47. The van der Waals surface area contributed by atoms with Gasteiger partial charge in [0, 0.05) is 34.2 Å². The highest BCUT2D eigenvalue weighted by molar-refractivity contribution is 6.30. The molecule has 0 aliphatic carbocycles. The molecule has 1 aliphatic heterocycles. The van der Waals surface area contributed by atoms with E-state index in [9.17, 15) is 4.79 Å². The average molecular weight is 480 g/mol. The SMILES string of the molecule is COc1cccc([C@@H]2Nc3ccc(C)cc3[C@H](OC(C)=O)C2(C)C)c1OCc1ccc(Cl)cc1. The van der Waals surface area contributed by atoms with E-state index in [4.69, 9.17) is 25.8 Å². The normalized spacial score (nSPS) is 18.4. The van der Waals surface area contributed by atoms with E-state index < -0.39 is 11.5 Å². The summed E-state index contributed by atoms with van der Waals surface area (Å²) in [6.45, 7) is 8.06. The second kappa shape index (κ2) is 9.59. The maximum absolute atomic E-state index is 12.1. The molecule has 0 radical (unpaired) electrons. The second-order valence-electron chi connectivity index (χ2n) is 9.27. The first kappa shape index (κ1) is 24.0. The minimum absolute atomic E-state index is 0.206. The molecule has 1 heterocycles. The molecule has 1 aliphatic rings. The van der Waals surface area contributed by atoms with Gasteiger partial charge in [0.1, 0.15) is 12.7 Å². The van der Waals surface area contributed by atoms with E-state index in [0.29, 0.717) is 23.1 Å². The molecule has 1 N–H and O–H groups in total. The Hall–Kier alpha value is -3.18. The molecule has 6 heteroatoms. The summed E-state index contributed by atoms with van der Waals surface area (Å²) in [5, 5.41) is 4.37. The van der Waals surface area contributed by atoms with Crippen LogP contribution >= 0.6 is 11.6 Å². The van der Waals surface area contributed by atoms with Crippen molar-refractivity contribution in [3.8, 4) is 11.5 Å². The molecule has 2 atom stereocenters. The first-order chi connectivity index (χ1) is 16.2. The largest absolute Gasteiger partial charge is 0.493 e. The molecular weight excluding hydrogens is 450 g/mol. The van der Waals surface area contributed by atoms with Crippen LogP contribution in [0.4, 0.5) is 5.69 Å². The number of carbonyl (C=O) groups excluding carboxylic acids is 1. The van der Waals surface area contributed by atoms with Gasteiger partial charge in [0.15, 0.2) is 11.5 Å². The van der Waals surface area contributed by atoms with Gasteiger partial charge in [0.25, 0.3) is 0 Å². The molecule has 0 bridgehead atoms. The van der Waals surface area contributed by atoms with Crippen molar-refractivity contribution in [2.24, 2.45) is 5.41 Å². The molecule has 0 spiro atoms. The Labute approximate surface area is 206 Å². The zero-order valence-electron chi connectivity index (χ0n) is 20.1. The van der Waals surface area contributed by atoms with Crippen molar-refractivity contribution in [1.82, 2.24) is 0 Å². The lowest BCUT2D eigenvalue weighted by Gasteiger charge is -2.46. The van der Waals surface area contributed by atoms with Crippen molar-refractivity contribution in [3.05, 3.63) is 87.9 Å². The van der Waals surface area contributed by atoms with E-state index in [0.717, 1.165) is 27.9 Å². The molecule has 0 saturated heterocycles. The third-order valence-corrected chi connectivity index (χ3v) is 6.58. The fraction of sp³-hybridized carbons (Fsp3) is 0.321. The summed E-state index contributed by atoms with van der Waals surface area (Å²) >= 11 is 6.03. The van der Waals surface area contributed by atoms with Gasteiger partial charge in [-0.15, -0.1) is 0 Å². The number of rotatable bonds is 6. The van der Waals surface area contributed by atoms with Crippen molar-refractivity contribution in [2.75, 3.05) is 12.4 Å². The second-order valence-corrected chi connectivity index (χ2v) is 9.71. The van der Waals surface area contributed by atoms with Crippen LogP contribution in [-0.4, -0.2) is 13.1 Å². The maximum Gasteiger partial charge on any atom is 0.303 e. The Bertz CT molecular complexity index is 1190. The Morgan fingerprint density at radius 1 is 1.06 bits per heavy atom. The molecule has 0 amide bonds. The van der Waals surface area contributed by atoms with E-state index in [1.165, 1.54) is 6.92 Å². The van der Waals surface area contributed by atoms with E-state index >= 15 is 0 Å². The number of aryl methyl sites for hydroxylation is 1. The molecular formula is C28H30ClNO4. The molecule has 0 fully saturated rings. The van der Waals surface area contributed by atoms with Gasteiger partial charge in [0.05, 0.1) is 13.2 Å². The van der Waals surface area contributed by atoms with Crippen LogP contribution in [0.3, 0.4) is 0 Å². The number of ether oxygens (including phenoxy) is 3. The summed E-state index contributed by atoms with van der Waals surface area (Å²) < 4.78 is 17.9. The van der Waals surface area contributed by atoms with Crippen molar-refractivity contribution in [1.29, 1.82) is 0 Å². The van der Waals surface area contributed by atoms with Gasteiger partial charge in [-0.2, -0.15) is 0 Å². The monoisotopic (exact) mass is 479 g/mol. The average Bonchev–Trinajstić information content (AvgIpc) is 2.80. The van der Waals surface area contributed by atoms with Crippen LogP contribution < -0.4 is 14.8 Å². The summed E-state index contributed by atoms with van der Waals surface area (Å²) in [6, 6.07) is 19.4. The Balaban J connectivity index is 1.77. The lowest BCUT2D eigenvalue weighted by molar-refractivity contribution is -0.154. The first-order valence-corrected chi connectivity index (χ1v) is 11.7. The number of nitrogens with one attached hydrogen (secondary N) is 1. The Morgan fingerprint density at radius 3 is 2.47 bits per heavy atom. The highest BCUT2D eigenvalue weighted by Crippen LogP contribution is 2.55. The quantitative estimate of drug-likeness (QED) is 0.384. The summed E-state index contributed by atoms with van der Waals surface area (Å²) in [5.74, 6) is 0.987. The van der Waals surface area contributed by atoms with Gasteiger partial charge in [0.2, 0.25) is 0 Å². The fourth-order valence-corrected chi connectivity index (χ4v) is 4.72. The van der Waals surface area contributed by atoms with Gasteiger partial charge < -0.3 is 19.5 Å². The Morgan fingerprint density at radius 2 is 1.79 bits per heavy atom. The predicted molar refractivity (Wildman–Crippen MR) is 135 cm³/mol. The van der Waals surface area contributed by atoms with Crippen LogP contribution in [0.5, 0.6) is 11.5 Å². The minimum Gasteiger partial charge on any atom is -0.493 e. The number of carbonyl (C=O) groups is 1. The maximum atomic E-state index is 12.1. The summed E-state index contributed by atoms with van der Waals surface area (Å²) in [6.07, 6.45) is -0.429. The van der Waals surface area contributed by atoms with Crippen molar-refractivity contribution in [3.63, 3.8) is 0 Å². The van der Waals surface area contributed by atoms with Crippen LogP contribution in [0.1, 0.15) is 55.2 Å². The topological polar surface area (TPSA) is 56.8 Å². The van der Waals surface area contributed by atoms with Crippen LogP contribution in [0.15, 0.2) is 60.7 Å². The molecule has 3 aromatic carbocycles. The summed E-state index contributed by atoms with van der Waals surface area (Å²) in [7, 11) is 1.63. The molecule has 178 valence electrons. The number of esters is 1. The van der Waals surface area contributed by atoms with Crippen molar-refractivity contribution >= 4 is 23.3 Å². The lowest BCUT2D eigenvalue weighted by atomic mass is 9.70. The smallest absolute Gasteiger partial charge is 0.303 e. The zero-order chi connectivity index (χ0) is 24.5. The summed E-state index contributed by atoms with van der Waals surface area (Å²) in [4.78, 5) is 12.1. The Kier molecular flexibility index (Phi) is 6.76. The molecule has 0 unspecified atom stereocenters. The van der Waals surface area contributed by atoms with Gasteiger partial charge in [-0.1, -0.05) is 67.4 Å². The van der Waals surface area contributed by atoms with Crippen LogP contribution in [0, 0.1) is 12.3 Å². The third kappa shape index (κ3) is 4.71. The fourth-order valence-electron chi connectivity index (χ4n) is 4.60. The van der Waals surface area contributed by atoms with E-state index in [1.54, 1.807) is 7.11 Å². The number of para-hydroxylation sites is 1. The molecule has 5 nitrogen and oxygen atoms in total. The van der Waals surface area contributed by atoms with E-state index in [1.807, 2.05) is 55.5 Å². The van der Waals surface area contributed by atoms with E-state index in [2.05, 4.69) is 31.3 Å². The molecule has 4 rings (SSSR count). The number of halogens is 1. The predicted octanol–water partition coefficient (Wildman–Crippen LogP) is 7.03. The third-order valence-electron chi connectivity index (χ3n) is 6.33. The minimum atomic E-state index is -0.489. The summed E-state index contributed by atoms with van der Waals surface area (Å²) in [5.41, 5.74) is 4.46. The van der Waals surface area contributed by atoms with Crippen molar-refractivity contribution < 1.29 is 19.0 Å². The number of anilines is 1. The number of fused-ring (bicyclic) bond motifs is 1. The van der Waals surface area contributed by atoms with Gasteiger partial charge >= 0.3 is 5.97 Å². The number of methoxy groups -OCH3 is 1.